The maximum Gasteiger partial charge on any atom is 0.239 e. The molecule has 1 heterocycles. The molecule has 3 N–H and O–H groups in total. The van der Waals surface area contributed by atoms with Gasteiger partial charge in [-0.05, 0) is 12.5 Å². The van der Waals surface area contributed by atoms with E-state index < -0.39 is 12.1 Å². The van der Waals surface area contributed by atoms with E-state index in [0.29, 0.717) is 19.6 Å². The van der Waals surface area contributed by atoms with Crippen molar-refractivity contribution >= 4 is 5.91 Å². The molecule has 20 heavy (non-hydrogen) atoms. The van der Waals surface area contributed by atoms with Gasteiger partial charge in [-0.3, -0.25) is 9.69 Å². The summed E-state index contributed by atoms with van der Waals surface area (Å²) in [7, 11) is 0. The molecule has 1 fully saturated rings. The fraction of sp³-hybridized carbons (Fsp3) is 0.533. The normalized spacial score (nSPS) is 19.6. The minimum atomic E-state index is -0.480. The van der Waals surface area contributed by atoms with Gasteiger partial charge in [0.05, 0.1) is 12.1 Å². The van der Waals surface area contributed by atoms with E-state index in [1.165, 1.54) is 0 Å². The van der Waals surface area contributed by atoms with Crippen LogP contribution in [0.3, 0.4) is 0 Å². The molecular formula is C15H23N3O2. The Labute approximate surface area is 120 Å². The number of piperazine rings is 1. The van der Waals surface area contributed by atoms with Gasteiger partial charge in [0.2, 0.25) is 5.91 Å². The summed E-state index contributed by atoms with van der Waals surface area (Å²) >= 11 is 0. The van der Waals surface area contributed by atoms with Gasteiger partial charge in [0, 0.05) is 32.7 Å². The molecule has 1 aliphatic rings. The largest absolute Gasteiger partial charge is 0.387 e. The Kier molecular flexibility index (Phi) is 5.11. The number of nitrogens with zero attached hydrogens (tertiary/aromatic N) is 2. The van der Waals surface area contributed by atoms with Gasteiger partial charge >= 0.3 is 0 Å². The van der Waals surface area contributed by atoms with Gasteiger partial charge in [0.1, 0.15) is 0 Å². The highest BCUT2D eigenvalue weighted by atomic mass is 16.3. The highest BCUT2D eigenvalue weighted by Crippen LogP contribution is 2.15. The van der Waals surface area contributed by atoms with Crippen molar-refractivity contribution in [3.05, 3.63) is 35.9 Å². The molecule has 1 aliphatic heterocycles. The molecule has 5 nitrogen and oxygen atoms in total. The molecule has 1 aromatic carbocycles. The van der Waals surface area contributed by atoms with Crippen LogP contribution >= 0.6 is 0 Å². The number of benzene rings is 1. The fourth-order valence-electron chi connectivity index (χ4n) is 2.46. The first-order valence-electron chi connectivity index (χ1n) is 7.07. The summed E-state index contributed by atoms with van der Waals surface area (Å²) in [5.41, 5.74) is 6.55. The molecule has 0 aromatic heterocycles. The van der Waals surface area contributed by atoms with Crippen LogP contribution in [0.4, 0.5) is 0 Å². The maximum atomic E-state index is 11.8. The van der Waals surface area contributed by atoms with Gasteiger partial charge in [0.25, 0.3) is 0 Å². The number of carbonyl (C=O) groups is 1. The van der Waals surface area contributed by atoms with E-state index in [-0.39, 0.29) is 5.91 Å². The summed E-state index contributed by atoms with van der Waals surface area (Å²) in [5.74, 6) is 0.00765. The predicted octanol–water partition coefficient (Wildman–Crippen LogP) is 0.211. The lowest BCUT2D eigenvalue weighted by atomic mass is 10.1. The van der Waals surface area contributed by atoms with Crippen LogP contribution in [0.5, 0.6) is 0 Å². The third kappa shape index (κ3) is 3.79. The highest BCUT2D eigenvalue weighted by Gasteiger charge is 2.24. The molecule has 2 unspecified atom stereocenters. The monoisotopic (exact) mass is 277 g/mol. The zero-order valence-electron chi connectivity index (χ0n) is 11.9. The molecule has 2 atom stereocenters. The third-order valence-corrected chi connectivity index (χ3v) is 3.69. The average Bonchev–Trinajstić information content (AvgIpc) is 2.48. The minimum absolute atomic E-state index is 0.00765. The van der Waals surface area contributed by atoms with E-state index in [4.69, 9.17) is 5.73 Å². The molecule has 0 bridgehead atoms. The van der Waals surface area contributed by atoms with Crippen LogP contribution in [0, 0.1) is 0 Å². The fourth-order valence-corrected chi connectivity index (χ4v) is 2.46. The molecule has 0 radical (unpaired) electrons. The van der Waals surface area contributed by atoms with Crippen LogP contribution < -0.4 is 5.73 Å². The number of rotatable bonds is 4. The second-order valence-corrected chi connectivity index (χ2v) is 5.34. The molecule has 1 aromatic rings. The van der Waals surface area contributed by atoms with Gasteiger partial charge in [-0.1, -0.05) is 30.3 Å². The first-order chi connectivity index (χ1) is 9.58. The second-order valence-electron chi connectivity index (χ2n) is 5.34. The molecule has 5 heteroatoms. The van der Waals surface area contributed by atoms with Gasteiger partial charge < -0.3 is 15.7 Å². The minimum Gasteiger partial charge on any atom is -0.387 e. The summed E-state index contributed by atoms with van der Waals surface area (Å²) in [6.07, 6.45) is -0.480. The quantitative estimate of drug-likeness (QED) is 0.825. The third-order valence-electron chi connectivity index (χ3n) is 3.69. The Morgan fingerprint density at radius 3 is 2.40 bits per heavy atom. The van der Waals surface area contributed by atoms with Crippen molar-refractivity contribution in [3.63, 3.8) is 0 Å². The number of amides is 1. The van der Waals surface area contributed by atoms with Crippen molar-refractivity contribution in [2.24, 2.45) is 5.73 Å². The van der Waals surface area contributed by atoms with Crippen molar-refractivity contribution in [1.82, 2.24) is 9.80 Å². The summed E-state index contributed by atoms with van der Waals surface area (Å²) < 4.78 is 0. The van der Waals surface area contributed by atoms with Crippen molar-refractivity contribution in [1.29, 1.82) is 0 Å². The Hall–Kier alpha value is -1.43. The average molecular weight is 277 g/mol. The van der Waals surface area contributed by atoms with Gasteiger partial charge in [0.15, 0.2) is 0 Å². The predicted molar refractivity (Wildman–Crippen MR) is 78.1 cm³/mol. The lowest BCUT2D eigenvalue weighted by molar-refractivity contribution is -0.134. The molecule has 0 saturated carbocycles. The number of aliphatic hydroxyl groups excluding tert-OH is 1. The lowest BCUT2D eigenvalue weighted by Gasteiger charge is -2.36. The van der Waals surface area contributed by atoms with Gasteiger partial charge in [-0.2, -0.15) is 0 Å². The maximum absolute atomic E-state index is 11.8. The van der Waals surface area contributed by atoms with E-state index in [1.54, 1.807) is 11.8 Å². The van der Waals surface area contributed by atoms with Crippen LogP contribution in [-0.4, -0.2) is 59.6 Å². The Morgan fingerprint density at radius 1 is 1.25 bits per heavy atom. The van der Waals surface area contributed by atoms with E-state index >= 15 is 0 Å². The van der Waals surface area contributed by atoms with Gasteiger partial charge in [-0.15, -0.1) is 0 Å². The number of nitrogens with two attached hydrogens (primary N) is 1. The first-order valence-corrected chi connectivity index (χ1v) is 7.07. The van der Waals surface area contributed by atoms with E-state index in [2.05, 4.69) is 4.90 Å². The van der Waals surface area contributed by atoms with E-state index in [0.717, 1.165) is 18.7 Å². The van der Waals surface area contributed by atoms with Crippen LogP contribution in [0.2, 0.25) is 0 Å². The molecule has 1 saturated heterocycles. The Balaban J connectivity index is 1.81. The van der Waals surface area contributed by atoms with Crippen molar-refractivity contribution in [3.8, 4) is 0 Å². The number of β-amino-alcohol motifs (C(OH)–C–C–N with tert-alkyl or cyclic N) is 1. The van der Waals surface area contributed by atoms with Crippen LogP contribution in [0.1, 0.15) is 18.6 Å². The van der Waals surface area contributed by atoms with Crippen LogP contribution in [0.15, 0.2) is 30.3 Å². The smallest absolute Gasteiger partial charge is 0.239 e. The first kappa shape index (κ1) is 15.0. The van der Waals surface area contributed by atoms with Crippen molar-refractivity contribution in [2.75, 3.05) is 32.7 Å². The van der Waals surface area contributed by atoms with Crippen molar-refractivity contribution < 1.29 is 9.90 Å². The Morgan fingerprint density at radius 2 is 1.85 bits per heavy atom. The molecule has 2 rings (SSSR count). The van der Waals surface area contributed by atoms with E-state index in [1.807, 2.05) is 30.3 Å². The van der Waals surface area contributed by atoms with E-state index in [9.17, 15) is 9.90 Å². The summed E-state index contributed by atoms with van der Waals surface area (Å²) in [6.45, 7) is 5.24. The number of carbonyl (C=O) groups excluding carboxylic acids is 1. The number of hydrogen-bond donors (Lipinski definition) is 2. The van der Waals surface area contributed by atoms with Gasteiger partial charge in [-0.25, -0.2) is 0 Å². The summed E-state index contributed by atoms with van der Waals surface area (Å²) in [5, 5.41) is 10.2. The SMILES string of the molecule is CC(N)C(=O)N1CCN(CC(O)c2ccccc2)CC1. The van der Waals surface area contributed by atoms with Crippen molar-refractivity contribution in [2.45, 2.75) is 19.1 Å². The van der Waals surface area contributed by atoms with Crippen LogP contribution in [0.25, 0.3) is 0 Å². The second kappa shape index (κ2) is 6.83. The zero-order valence-corrected chi connectivity index (χ0v) is 11.9. The standard InChI is InChI=1S/C15H23N3O2/c1-12(16)15(20)18-9-7-17(8-10-18)11-14(19)13-5-3-2-4-6-13/h2-6,12,14,19H,7-11,16H2,1H3. The lowest BCUT2D eigenvalue weighted by Crippen LogP contribution is -2.53. The summed E-state index contributed by atoms with van der Waals surface area (Å²) in [4.78, 5) is 15.8. The van der Waals surface area contributed by atoms with Crippen LogP contribution in [-0.2, 0) is 4.79 Å². The highest BCUT2D eigenvalue weighted by molar-refractivity contribution is 5.81. The molecule has 110 valence electrons. The number of aliphatic hydroxyl groups is 1. The summed E-state index contributed by atoms with van der Waals surface area (Å²) in [6, 6.07) is 9.22. The topological polar surface area (TPSA) is 69.8 Å². The zero-order chi connectivity index (χ0) is 14.5. The molecule has 0 aliphatic carbocycles. The Bertz CT molecular complexity index is 428. The molecule has 0 spiro atoms. The molecular weight excluding hydrogens is 254 g/mol. The molecule has 1 amide bonds. The number of hydrogen-bond acceptors (Lipinski definition) is 4.